The maximum atomic E-state index is 12.2. The van der Waals surface area contributed by atoms with Gasteiger partial charge in [0.05, 0.1) is 0 Å². The molecule has 0 spiro atoms. The molecular weight excluding hydrogens is 372 g/mol. The second-order valence-electron chi connectivity index (χ2n) is 7.56. The number of amides is 1. The van der Waals surface area contributed by atoms with Crippen LogP contribution in [0.3, 0.4) is 0 Å². The van der Waals surface area contributed by atoms with Crippen LogP contribution in [0.5, 0.6) is 0 Å². The largest absolute Gasteiger partial charge is 0.449 e. The van der Waals surface area contributed by atoms with Crippen LogP contribution >= 0.6 is 0 Å². The number of hydrogen-bond acceptors (Lipinski definition) is 3. The van der Waals surface area contributed by atoms with E-state index in [9.17, 15) is 4.79 Å². The smallest absolute Gasteiger partial charge is 0.407 e. The molecule has 0 fully saturated rings. The molecular formula is C26H26N2O2. The van der Waals surface area contributed by atoms with Crippen LogP contribution in [0.1, 0.15) is 22.6 Å². The highest BCUT2D eigenvalue weighted by atomic mass is 16.5. The van der Waals surface area contributed by atoms with E-state index in [1.165, 1.54) is 22.3 Å². The summed E-state index contributed by atoms with van der Waals surface area (Å²) in [6.45, 7) is 0.742. The second kappa shape index (κ2) is 8.87. The highest BCUT2D eigenvalue weighted by Gasteiger charge is 2.28. The Kier molecular flexibility index (Phi) is 5.84. The number of fused-ring (bicyclic) bond motifs is 3. The normalized spacial score (nSPS) is 12.5. The molecule has 0 unspecified atom stereocenters. The van der Waals surface area contributed by atoms with Gasteiger partial charge in [0.2, 0.25) is 0 Å². The van der Waals surface area contributed by atoms with Crippen LogP contribution in [0.2, 0.25) is 0 Å². The van der Waals surface area contributed by atoms with Crippen molar-refractivity contribution in [1.82, 2.24) is 5.32 Å². The van der Waals surface area contributed by atoms with E-state index in [0.29, 0.717) is 13.2 Å². The molecule has 1 aliphatic rings. The Bertz CT molecular complexity index is 1030. The first-order chi connectivity index (χ1) is 14.6. The zero-order chi connectivity index (χ0) is 20.9. The Morgan fingerprint density at radius 2 is 1.53 bits per heavy atom. The Morgan fingerprint density at radius 3 is 2.20 bits per heavy atom. The average Bonchev–Trinajstić information content (AvgIpc) is 3.09. The molecule has 0 radical (unpaired) electrons. The summed E-state index contributed by atoms with van der Waals surface area (Å²) >= 11 is 0. The number of carbonyl (C=O) groups excluding carboxylic acids is 1. The van der Waals surface area contributed by atoms with Gasteiger partial charge in [-0.1, -0.05) is 78.9 Å². The van der Waals surface area contributed by atoms with Crippen molar-refractivity contribution >= 4 is 17.9 Å². The highest BCUT2D eigenvalue weighted by Crippen LogP contribution is 2.44. The number of rotatable bonds is 6. The SMILES string of the molecule is CN(C)c1ccccc1C=CCNC(=O)OCC1c2ccccc2-c2ccccc21. The fourth-order valence-corrected chi connectivity index (χ4v) is 4.01. The summed E-state index contributed by atoms with van der Waals surface area (Å²) in [5, 5.41) is 2.81. The van der Waals surface area contributed by atoms with Crippen molar-refractivity contribution in [2.75, 3.05) is 32.1 Å². The Balaban J connectivity index is 1.34. The molecule has 4 nitrogen and oxygen atoms in total. The molecule has 1 aliphatic carbocycles. The molecule has 0 bridgehead atoms. The molecule has 0 heterocycles. The predicted molar refractivity (Wildman–Crippen MR) is 123 cm³/mol. The number of nitrogens with zero attached hydrogens (tertiary/aromatic N) is 1. The second-order valence-corrected chi connectivity index (χ2v) is 7.56. The Morgan fingerprint density at radius 1 is 0.933 bits per heavy atom. The molecule has 152 valence electrons. The van der Waals surface area contributed by atoms with E-state index >= 15 is 0 Å². The van der Waals surface area contributed by atoms with E-state index in [0.717, 1.165) is 11.3 Å². The van der Waals surface area contributed by atoms with Crippen molar-refractivity contribution < 1.29 is 9.53 Å². The van der Waals surface area contributed by atoms with Gasteiger partial charge in [0.25, 0.3) is 0 Å². The van der Waals surface area contributed by atoms with Crippen molar-refractivity contribution in [3.05, 3.63) is 95.6 Å². The van der Waals surface area contributed by atoms with Crippen molar-refractivity contribution in [2.24, 2.45) is 0 Å². The molecule has 0 saturated heterocycles. The summed E-state index contributed by atoms with van der Waals surface area (Å²) in [5.74, 6) is 0.0747. The zero-order valence-electron chi connectivity index (χ0n) is 17.3. The third kappa shape index (κ3) is 4.08. The fourth-order valence-electron chi connectivity index (χ4n) is 4.01. The van der Waals surface area contributed by atoms with Gasteiger partial charge in [-0.3, -0.25) is 0 Å². The lowest BCUT2D eigenvalue weighted by atomic mass is 9.98. The van der Waals surface area contributed by atoms with Crippen LogP contribution in [-0.4, -0.2) is 33.3 Å². The molecule has 30 heavy (non-hydrogen) atoms. The van der Waals surface area contributed by atoms with Crippen LogP contribution in [0.25, 0.3) is 17.2 Å². The van der Waals surface area contributed by atoms with E-state index in [1.54, 1.807) is 0 Å². The van der Waals surface area contributed by atoms with Crippen LogP contribution < -0.4 is 10.2 Å². The van der Waals surface area contributed by atoms with Gasteiger partial charge < -0.3 is 15.0 Å². The maximum Gasteiger partial charge on any atom is 0.407 e. The number of hydrogen-bond donors (Lipinski definition) is 1. The minimum atomic E-state index is -0.401. The van der Waals surface area contributed by atoms with Gasteiger partial charge >= 0.3 is 6.09 Å². The molecule has 1 N–H and O–H groups in total. The first-order valence-corrected chi connectivity index (χ1v) is 10.2. The van der Waals surface area contributed by atoms with Crippen molar-refractivity contribution in [3.8, 4) is 11.1 Å². The molecule has 3 aromatic rings. The molecule has 1 amide bonds. The highest BCUT2D eigenvalue weighted by molar-refractivity contribution is 5.79. The number of anilines is 1. The first-order valence-electron chi connectivity index (χ1n) is 10.2. The molecule has 3 aromatic carbocycles. The molecule has 4 rings (SSSR count). The molecule has 4 heteroatoms. The monoisotopic (exact) mass is 398 g/mol. The third-order valence-electron chi connectivity index (χ3n) is 5.42. The van der Waals surface area contributed by atoms with E-state index in [-0.39, 0.29) is 5.92 Å². The summed E-state index contributed by atoms with van der Waals surface area (Å²) in [6, 6.07) is 24.8. The fraction of sp³-hybridized carbons (Fsp3) is 0.192. The predicted octanol–water partition coefficient (Wildman–Crippen LogP) is 5.30. The number of para-hydroxylation sites is 1. The Labute approximate surface area is 177 Å². The molecule has 0 aromatic heterocycles. The topological polar surface area (TPSA) is 41.6 Å². The lowest BCUT2D eigenvalue weighted by Crippen LogP contribution is -2.26. The molecule has 0 saturated carbocycles. The van der Waals surface area contributed by atoms with Gasteiger partial charge in [-0.15, -0.1) is 0 Å². The zero-order valence-corrected chi connectivity index (χ0v) is 17.3. The van der Waals surface area contributed by atoms with Crippen LogP contribution in [-0.2, 0) is 4.74 Å². The summed E-state index contributed by atoms with van der Waals surface area (Å²) in [6.07, 6.45) is 3.55. The quantitative estimate of drug-likeness (QED) is 0.612. The lowest BCUT2D eigenvalue weighted by Gasteiger charge is -2.15. The van der Waals surface area contributed by atoms with Gasteiger partial charge in [-0.25, -0.2) is 4.79 Å². The van der Waals surface area contributed by atoms with Crippen molar-refractivity contribution in [2.45, 2.75) is 5.92 Å². The van der Waals surface area contributed by atoms with Crippen molar-refractivity contribution in [1.29, 1.82) is 0 Å². The van der Waals surface area contributed by atoms with E-state index in [1.807, 2.05) is 62.6 Å². The summed E-state index contributed by atoms with van der Waals surface area (Å²) in [4.78, 5) is 14.3. The van der Waals surface area contributed by atoms with Crippen LogP contribution in [0.15, 0.2) is 78.9 Å². The van der Waals surface area contributed by atoms with Gasteiger partial charge in [0, 0.05) is 32.2 Å². The number of alkyl carbamates (subject to hydrolysis) is 1. The molecule has 0 atom stereocenters. The van der Waals surface area contributed by atoms with Gasteiger partial charge in [-0.2, -0.15) is 0 Å². The summed E-state index contributed by atoms with van der Waals surface area (Å²) < 4.78 is 5.56. The number of benzene rings is 3. The summed E-state index contributed by atoms with van der Waals surface area (Å²) in [7, 11) is 4.03. The van der Waals surface area contributed by atoms with Gasteiger partial charge in [0.15, 0.2) is 0 Å². The average molecular weight is 399 g/mol. The van der Waals surface area contributed by atoms with Gasteiger partial charge in [0.1, 0.15) is 6.61 Å². The number of nitrogens with one attached hydrogen (secondary N) is 1. The van der Waals surface area contributed by atoms with E-state index in [4.69, 9.17) is 4.74 Å². The minimum absolute atomic E-state index is 0.0747. The maximum absolute atomic E-state index is 12.2. The van der Waals surface area contributed by atoms with Crippen molar-refractivity contribution in [3.63, 3.8) is 0 Å². The molecule has 0 aliphatic heterocycles. The third-order valence-corrected chi connectivity index (χ3v) is 5.42. The number of carbonyl (C=O) groups is 1. The van der Waals surface area contributed by atoms with Crippen LogP contribution in [0.4, 0.5) is 10.5 Å². The summed E-state index contributed by atoms with van der Waals surface area (Å²) in [5.41, 5.74) is 7.12. The van der Waals surface area contributed by atoms with Gasteiger partial charge in [-0.05, 0) is 33.9 Å². The Hall–Kier alpha value is -3.53. The standard InChI is InChI=1S/C26H26N2O2/c1-28(2)25-16-8-3-10-19(25)11-9-17-27-26(29)30-18-24-22-14-6-4-12-20(22)21-13-5-7-15-23(21)24/h3-16,24H,17-18H2,1-2H3,(H,27,29). The van der Waals surface area contributed by atoms with Crippen LogP contribution in [0, 0.1) is 0 Å². The minimum Gasteiger partial charge on any atom is -0.449 e. The number of ether oxygens (including phenoxy) is 1. The van der Waals surface area contributed by atoms with E-state index in [2.05, 4.69) is 46.6 Å². The lowest BCUT2D eigenvalue weighted by molar-refractivity contribution is 0.144. The van der Waals surface area contributed by atoms with E-state index < -0.39 is 6.09 Å². The first kappa shape index (κ1) is 19.8.